The number of benzene rings is 3. The van der Waals surface area contributed by atoms with Crippen molar-refractivity contribution in [2.45, 2.75) is 19.9 Å². The van der Waals surface area contributed by atoms with Crippen molar-refractivity contribution in [1.82, 2.24) is 0 Å². The fraction of sp³-hybridized carbons (Fsp3) is 0.222. The molecule has 0 aliphatic carbocycles. The van der Waals surface area contributed by atoms with Crippen LogP contribution in [0.25, 0.3) is 17.2 Å². The third-order valence-electron chi connectivity index (χ3n) is 5.61. The van der Waals surface area contributed by atoms with Crippen LogP contribution in [-0.4, -0.2) is 26.2 Å². The number of nitrogens with zero attached hydrogens (tertiary/aromatic N) is 1. The topological polar surface area (TPSA) is 38.8 Å². The Bertz CT molecular complexity index is 1160. The highest BCUT2D eigenvalue weighted by atomic mass is 19.1. The fourth-order valence-corrected chi connectivity index (χ4v) is 4.04. The molecule has 4 nitrogen and oxygen atoms in total. The normalized spacial score (nSPS) is 13.1. The molecule has 0 spiro atoms. The van der Waals surface area contributed by atoms with Gasteiger partial charge in [0.1, 0.15) is 11.6 Å². The zero-order chi connectivity index (χ0) is 22.5. The second kappa shape index (κ2) is 9.69. The minimum atomic E-state index is -0.344. The Balaban J connectivity index is 1.78. The van der Waals surface area contributed by atoms with E-state index in [1.807, 2.05) is 55.5 Å². The summed E-state index contributed by atoms with van der Waals surface area (Å²) in [5, 5.41) is 0. The van der Waals surface area contributed by atoms with Gasteiger partial charge in [-0.1, -0.05) is 42.5 Å². The van der Waals surface area contributed by atoms with Crippen LogP contribution < -0.4 is 9.64 Å². The van der Waals surface area contributed by atoms with Crippen LogP contribution in [0.1, 0.15) is 24.5 Å². The Labute approximate surface area is 187 Å². The Kier molecular flexibility index (Phi) is 6.55. The first-order valence-corrected chi connectivity index (χ1v) is 10.7. The molecule has 0 aromatic heterocycles. The molecule has 0 radical (unpaired) electrons. The van der Waals surface area contributed by atoms with Crippen molar-refractivity contribution in [2.75, 3.05) is 25.2 Å². The van der Waals surface area contributed by atoms with Crippen LogP contribution in [0.15, 0.2) is 72.3 Å². The standard InChI is InChI=1S/C27H26FNO3/c1-3-32-26-11-7-5-9-23(26)19-12-13-25-22(16-19)17-20(27(30)31-2)14-15-29(25)18-21-8-4-6-10-24(21)28/h4-13,16-17H,3,14-15,18H2,1-2H3. The van der Waals surface area contributed by atoms with Crippen LogP contribution >= 0.6 is 0 Å². The summed E-state index contributed by atoms with van der Waals surface area (Å²) in [6.07, 6.45) is 2.40. The van der Waals surface area contributed by atoms with Gasteiger partial charge in [-0.2, -0.15) is 0 Å². The van der Waals surface area contributed by atoms with E-state index >= 15 is 0 Å². The van der Waals surface area contributed by atoms with Crippen molar-refractivity contribution in [1.29, 1.82) is 0 Å². The van der Waals surface area contributed by atoms with Crippen LogP contribution in [-0.2, 0) is 16.1 Å². The molecule has 0 fully saturated rings. The number of carbonyl (C=O) groups excluding carboxylic acids is 1. The van der Waals surface area contributed by atoms with Crippen molar-refractivity contribution >= 4 is 17.7 Å². The third kappa shape index (κ3) is 4.52. The molecule has 1 heterocycles. The first-order valence-electron chi connectivity index (χ1n) is 10.7. The molecule has 0 saturated heterocycles. The van der Waals surface area contributed by atoms with Gasteiger partial charge in [0.2, 0.25) is 0 Å². The van der Waals surface area contributed by atoms with Gasteiger partial charge in [0.05, 0.1) is 13.7 Å². The van der Waals surface area contributed by atoms with E-state index in [0.717, 1.165) is 28.1 Å². The lowest BCUT2D eigenvalue weighted by Gasteiger charge is -2.26. The maximum atomic E-state index is 14.4. The van der Waals surface area contributed by atoms with Crippen LogP contribution in [0.4, 0.5) is 10.1 Å². The molecule has 0 bridgehead atoms. The number of halogens is 1. The highest BCUT2D eigenvalue weighted by Gasteiger charge is 2.21. The largest absolute Gasteiger partial charge is 0.493 e. The first kappa shape index (κ1) is 21.6. The average Bonchev–Trinajstić information content (AvgIpc) is 3.00. The zero-order valence-corrected chi connectivity index (χ0v) is 18.3. The van der Waals surface area contributed by atoms with Crippen molar-refractivity contribution in [3.63, 3.8) is 0 Å². The van der Waals surface area contributed by atoms with Crippen molar-refractivity contribution in [3.05, 3.63) is 89.2 Å². The smallest absolute Gasteiger partial charge is 0.333 e. The van der Waals surface area contributed by atoms with E-state index in [1.54, 1.807) is 12.1 Å². The number of esters is 1. The molecule has 0 saturated carbocycles. The average molecular weight is 432 g/mol. The van der Waals surface area contributed by atoms with Gasteiger partial charge in [0, 0.05) is 35.5 Å². The number of anilines is 1. The van der Waals surface area contributed by atoms with Gasteiger partial charge in [-0.15, -0.1) is 0 Å². The molecule has 0 N–H and O–H groups in total. The number of hydrogen-bond acceptors (Lipinski definition) is 4. The van der Waals surface area contributed by atoms with Gasteiger partial charge in [-0.3, -0.25) is 0 Å². The molecular weight excluding hydrogens is 405 g/mol. The second-order valence-electron chi connectivity index (χ2n) is 7.63. The molecule has 0 amide bonds. The third-order valence-corrected chi connectivity index (χ3v) is 5.61. The molecule has 32 heavy (non-hydrogen) atoms. The fourth-order valence-electron chi connectivity index (χ4n) is 4.04. The van der Waals surface area contributed by atoms with Crippen molar-refractivity contribution in [3.8, 4) is 16.9 Å². The molecule has 0 unspecified atom stereocenters. The van der Waals surface area contributed by atoms with E-state index < -0.39 is 0 Å². The predicted molar refractivity (Wildman–Crippen MR) is 125 cm³/mol. The van der Waals surface area contributed by atoms with Crippen LogP contribution in [0.5, 0.6) is 5.75 Å². The summed E-state index contributed by atoms with van der Waals surface area (Å²) in [5.74, 6) is 0.231. The van der Waals surface area contributed by atoms with E-state index in [2.05, 4.69) is 11.0 Å². The summed E-state index contributed by atoms with van der Waals surface area (Å²) in [4.78, 5) is 14.5. The van der Waals surface area contributed by atoms with Crippen LogP contribution in [0.2, 0.25) is 0 Å². The number of hydrogen-bond donors (Lipinski definition) is 0. The van der Waals surface area contributed by atoms with E-state index in [0.29, 0.717) is 37.3 Å². The summed E-state index contributed by atoms with van der Waals surface area (Å²) in [5.41, 5.74) is 5.02. The summed E-state index contributed by atoms with van der Waals surface area (Å²) < 4.78 is 25.2. The molecule has 4 rings (SSSR count). The van der Waals surface area contributed by atoms with E-state index in [4.69, 9.17) is 9.47 Å². The molecule has 1 aliphatic heterocycles. The molecular formula is C27H26FNO3. The number of para-hydroxylation sites is 1. The molecule has 0 atom stereocenters. The lowest BCUT2D eigenvalue weighted by molar-refractivity contribution is -0.136. The highest BCUT2D eigenvalue weighted by Crippen LogP contribution is 2.36. The molecule has 3 aromatic rings. The Morgan fingerprint density at radius 2 is 1.84 bits per heavy atom. The van der Waals surface area contributed by atoms with Crippen LogP contribution in [0, 0.1) is 5.82 Å². The molecule has 3 aromatic carbocycles. The van der Waals surface area contributed by atoms with Crippen molar-refractivity contribution < 1.29 is 18.7 Å². The first-order chi connectivity index (χ1) is 15.6. The Morgan fingerprint density at radius 3 is 2.62 bits per heavy atom. The SMILES string of the molecule is CCOc1ccccc1-c1ccc2c(c1)C=C(C(=O)OC)CCN2Cc1ccccc1F. The second-order valence-corrected chi connectivity index (χ2v) is 7.63. The summed E-state index contributed by atoms with van der Waals surface area (Å²) >= 11 is 0. The molecule has 5 heteroatoms. The number of rotatable bonds is 6. The lowest BCUT2D eigenvalue weighted by atomic mass is 9.99. The van der Waals surface area contributed by atoms with E-state index in [1.165, 1.54) is 13.2 Å². The van der Waals surface area contributed by atoms with Crippen LogP contribution in [0.3, 0.4) is 0 Å². The number of methoxy groups -OCH3 is 1. The number of ether oxygens (including phenoxy) is 2. The van der Waals surface area contributed by atoms with E-state index in [-0.39, 0.29) is 11.8 Å². The summed E-state index contributed by atoms with van der Waals surface area (Å²) in [6, 6.07) is 20.8. The van der Waals surface area contributed by atoms with Crippen molar-refractivity contribution in [2.24, 2.45) is 0 Å². The van der Waals surface area contributed by atoms with Gasteiger partial charge in [0.25, 0.3) is 0 Å². The zero-order valence-electron chi connectivity index (χ0n) is 18.3. The Hall–Kier alpha value is -3.60. The molecule has 1 aliphatic rings. The van der Waals surface area contributed by atoms with Gasteiger partial charge in [0.15, 0.2) is 0 Å². The predicted octanol–water partition coefficient (Wildman–Crippen LogP) is 5.86. The maximum Gasteiger partial charge on any atom is 0.333 e. The lowest BCUT2D eigenvalue weighted by Crippen LogP contribution is -2.25. The highest BCUT2D eigenvalue weighted by molar-refractivity contribution is 5.96. The van der Waals surface area contributed by atoms with Gasteiger partial charge in [-0.05, 0) is 54.8 Å². The summed E-state index contributed by atoms with van der Waals surface area (Å²) in [7, 11) is 1.39. The van der Waals surface area contributed by atoms with Gasteiger partial charge >= 0.3 is 5.97 Å². The van der Waals surface area contributed by atoms with Gasteiger partial charge in [-0.25, -0.2) is 9.18 Å². The number of fused-ring (bicyclic) bond motifs is 1. The minimum Gasteiger partial charge on any atom is -0.493 e. The minimum absolute atomic E-state index is 0.235. The van der Waals surface area contributed by atoms with Gasteiger partial charge < -0.3 is 14.4 Å². The maximum absolute atomic E-state index is 14.4. The molecule has 164 valence electrons. The Morgan fingerprint density at radius 1 is 1.06 bits per heavy atom. The van der Waals surface area contributed by atoms with E-state index in [9.17, 15) is 9.18 Å². The quantitative estimate of drug-likeness (QED) is 0.459. The number of carbonyl (C=O) groups is 1. The monoisotopic (exact) mass is 431 g/mol. The summed E-state index contributed by atoms with van der Waals surface area (Å²) in [6.45, 7) is 3.53.